The van der Waals surface area contributed by atoms with Crippen LogP contribution in [-0.2, 0) is 15.3 Å². The molecule has 1 aliphatic carbocycles. The van der Waals surface area contributed by atoms with Gasteiger partial charge in [0.25, 0.3) is 0 Å². The molecular weight excluding hydrogens is 684 g/mol. The van der Waals surface area contributed by atoms with Gasteiger partial charge in [0, 0.05) is 48.1 Å². The summed E-state index contributed by atoms with van der Waals surface area (Å²) in [4.78, 5) is 25.1. The van der Waals surface area contributed by atoms with Crippen LogP contribution in [0.1, 0.15) is 88.2 Å². The average Bonchev–Trinajstić information content (AvgIpc) is 3.71. The van der Waals surface area contributed by atoms with Crippen molar-refractivity contribution in [3.05, 3.63) is 70.9 Å². The lowest BCUT2D eigenvalue weighted by molar-refractivity contribution is 0.155. The van der Waals surface area contributed by atoms with Crippen LogP contribution in [0.15, 0.2) is 53.8 Å². The predicted molar refractivity (Wildman–Crippen MR) is 200 cm³/mol. The minimum absolute atomic E-state index is 0.160. The van der Waals surface area contributed by atoms with E-state index in [0.29, 0.717) is 51.2 Å². The third-order valence-electron chi connectivity index (χ3n) is 10.6. The molecule has 11 nitrogen and oxygen atoms in total. The second-order valence-electron chi connectivity index (χ2n) is 15.1. The molecule has 1 N–H and O–H groups in total. The van der Waals surface area contributed by atoms with Gasteiger partial charge in [0.15, 0.2) is 5.75 Å². The van der Waals surface area contributed by atoms with Crippen molar-refractivity contribution in [1.82, 2.24) is 24.9 Å². The highest BCUT2D eigenvalue weighted by molar-refractivity contribution is 7.91. The van der Waals surface area contributed by atoms with Crippen molar-refractivity contribution in [2.45, 2.75) is 89.4 Å². The number of anilines is 1. The molecule has 0 bridgehead atoms. The van der Waals surface area contributed by atoms with Gasteiger partial charge < -0.3 is 19.6 Å². The van der Waals surface area contributed by atoms with Crippen LogP contribution in [-0.4, -0.2) is 76.4 Å². The van der Waals surface area contributed by atoms with Crippen molar-refractivity contribution in [2.24, 2.45) is 0 Å². The van der Waals surface area contributed by atoms with E-state index in [-0.39, 0.29) is 34.8 Å². The maximum atomic E-state index is 15.4. The molecule has 1 aliphatic heterocycles. The van der Waals surface area contributed by atoms with Crippen LogP contribution in [0, 0.1) is 6.92 Å². The monoisotopic (exact) mass is 728 g/mol. The maximum Gasteiger partial charge on any atom is 0.407 e. The number of sulfone groups is 1. The standard InChI is InChI=1S/C39H45FN6O5S/c1-8-52(49,50)37-42-34-28(36(43-37)44(7)26-16-17-45(21-26)38(47)48)18-27(25-14-15-25)33(35(34)51-23(3)24-12-10-9-11-13-24)32-22(2)30(39(4,5)6)19-31-29(32)20-41-46(31)40/h9-13,18-20,23,25-26H,8,14-17,21H2,1-7H3,(H,47,48)/t23?,26-/m0/s1. The Hall–Kier alpha value is -4.78. The third kappa shape index (κ3) is 6.22. The van der Waals surface area contributed by atoms with Gasteiger partial charge in [0.05, 0.1) is 11.9 Å². The van der Waals surface area contributed by atoms with E-state index in [9.17, 15) is 18.3 Å². The molecule has 2 aromatic heterocycles. The number of benzene rings is 3. The number of likely N-dealkylation sites (tertiary alicyclic amines) is 1. The highest BCUT2D eigenvalue weighted by atomic mass is 32.2. The second kappa shape index (κ2) is 13.0. The van der Waals surface area contributed by atoms with Gasteiger partial charge in [-0.2, -0.15) is 0 Å². The largest absolute Gasteiger partial charge is 0.483 e. The van der Waals surface area contributed by atoms with Gasteiger partial charge in [0.1, 0.15) is 23.0 Å². The zero-order valence-corrected chi connectivity index (χ0v) is 31.5. The third-order valence-corrected chi connectivity index (χ3v) is 12.1. The van der Waals surface area contributed by atoms with Crippen molar-refractivity contribution in [1.29, 1.82) is 0 Å². The van der Waals surface area contributed by atoms with Gasteiger partial charge in [-0.05, 0) is 78.8 Å². The summed E-state index contributed by atoms with van der Waals surface area (Å²) in [6.07, 6.45) is 2.47. The Morgan fingerprint density at radius 1 is 1.10 bits per heavy atom. The quantitative estimate of drug-likeness (QED) is 0.150. The molecule has 0 radical (unpaired) electrons. The smallest absolute Gasteiger partial charge is 0.407 e. The van der Waals surface area contributed by atoms with Crippen molar-refractivity contribution in [2.75, 3.05) is 30.8 Å². The minimum Gasteiger partial charge on any atom is -0.483 e. The molecule has 13 heteroatoms. The summed E-state index contributed by atoms with van der Waals surface area (Å²) in [5.74, 6) is 0.723. The van der Waals surface area contributed by atoms with Gasteiger partial charge in [-0.25, -0.2) is 23.2 Å². The highest BCUT2D eigenvalue weighted by Gasteiger charge is 2.37. The number of halogens is 1. The van der Waals surface area contributed by atoms with Gasteiger partial charge in [0.2, 0.25) is 15.0 Å². The molecule has 7 rings (SSSR count). The van der Waals surface area contributed by atoms with Crippen molar-refractivity contribution in [3.63, 3.8) is 0 Å². The van der Waals surface area contributed by atoms with Gasteiger partial charge in [-0.3, -0.25) is 0 Å². The molecule has 1 unspecified atom stereocenters. The summed E-state index contributed by atoms with van der Waals surface area (Å²) >= 11 is 0. The number of likely N-dealkylation sites (N-methyl/N-ethyl adjacent to an activating group) is 1. The summed E-state index contributed by atoms with van der Waals surface area (Å²) in [5.41, 5.74) is 5.59. The average molecular weight is 729 g/mol. The molecular formula is C39H45FN6O5S. The van der Waals surface area contributed by atoms with E-state index in [1.165, 1.54) is 11.1 Å². The number of rotatable bonds is 9. The maximum absolute atomic E-state index is 15.4. The number of ether oxygens (including phenoxy) is 1. The van der Waals surface area contributed by atoms with Crippen LogP contribution in [0.4, 0.5) is 15.1 Å². The number of carboxylic acid groups (broad SMARTS) is 1. The van der Waals surface area contributed by atoms with Gasteiger partial charge >= 0.3 is 6.09 Å². The Bertz CT molecular complexity index is 2320. The number of fused-ring (bicyclic) bond motifs is 2. The topological polar surface area (TPSA) is 131 Å². The van der Waals surface area contributed by atoms with E-state index in [1.54, 1.807) is 6.92 Å². The lowest BCUT2D eigenvalue weighted by Crippen LogP contribution is -2.37. The first-order chi connectivity index (χ1) is 24.6. The summed E-state index contributed by atoms with van der Waals surface area (Å²) in [5, 5.41) is 14.7. The van der Waals surface area contributed by atoms with Crippen LogP contribution in [0.5, 0.6) is 5.75 Å². The SMILES string of the molecule is CCS(=O)(=O)c1nc(N(C)[C@H]2CCN(C(=O)O)C2)c2cc(C3CC3)c(-c3c(C)c(C(C)(C)C)cc4c3cnn4F)c(OC(C)c3ccccc3)c2n1. The molecule has 2 aliphatic rings. The van der Waals surface area contributed by atoms with Gasteiger partial charge in [-0.1, -0.05) is 67.4 Å². The first kappa shape index (κ1) is 35.6. The van der Waals surface area contributed by atoms with Crippen LogP contribution < -0.4 is 9.64 Å². The second-order valence-corrected chi connectivity index (χ2v) is 17.3. The fourth-order valence-electron chi connectivity index (χ4n) is 7.56. The van der Waals surface area contributed by atoms with Crippen LogP contribution >= 0.6 is 0 Å². The zero-order chi connectivity index (χ0) is 37.3. The fourth-order valence-corrected chi connectivity index (χ4v) is 8.28. The van der Waals surface area contributed by atoms with Crippen molar-refractivity contribution >= 4 is 43.6 Å². The normalized spacial score (nSPS) is 17.2. The lowest BCUT2D eigenvalue weighted by atomic mass is 9.79. The van der Waals surface area contributed by atoms with Crippen LogP contribution in [0.3, 0.4) is 0 Å². The first-order valence-electron chi connectivity index (χ1n) is 17.8. The molecule has 2 fully saturated rings. The van der Waals surface area contributed by atoms with E-state index in [0.717, 1.165) is 46.2 Å². The Morgan fingerprint density at radius 2 is 1.81 bits per heavy atom. The predicted octanol–water partition coefficient (Wildman–Crippen LogP) is 7.98. The Morgan fingerprint density at radius 3 is 2.42 bits per heavy atom. The Labute approximate surface area is 303 Å². The van der Waals surface area contributed by atoms with E-state index in [1.807, 2.05) is 62.2 Å². The van der Waals surface area contributed by atoms with Gasteiger partial charge in [-0.15, -0.1) is 5.10 Å². The van der Waals surface area contributed by atoms with E-state index in [4.69, 9.17) is 14.7 Å². The molecule has 0 spiro atoms. The summed E-state index contributed by atoms with van der Waals surface area (Å²) in [7, 11) is -2.09. The molecule has 52 heavy (non-hydrogen) atoms. The number of aromatic nitrogens is 4. The molecule has 2 atom stereocenters. The molecule has 274 valence electrons. The van der Waals surface area contributed by atoms with Crippen molar-refractivity contribution in [3.8, 4) is 16.9 Å². The van der Waals surface area contributed by atoms with Crippen LogP contribution in [0.2, 0.25) is 0 Å². The molecule has 1 saturated heterocycles. The number of amides is 1. The highest BCUT2D eigenvalue weighted by Crippen LogP contribution is 2.54. The van der Waals surface area contributed by atoms with E-state index >= 15 is 4.48 Å². The molecule has 1 amide bonds. The molecule has 5 aromatic rings. The van der Waals surface area contributed by atoms with Crippen LogP contribution in [0.25, 0.3) is 32.9 Å². The van der Waals surface area contributed by atoms with E-state index in [2.05, 4.69) is 31.9 Å². The Kier molecular flexibility index (Phi) is 8.91. The molecule has 3 aromatic carbocycles. The summed E-state index contributed by atoms with van der Waals surface area (Å²) in [6, 6.07) is 13.4. The van der Waals surface area contributed by atoms with Crippen molar-refractivity contribution < 1.29 is 27.5 Å². The molecule has 1 saturated carbocycles. The number of carbonyl (C=O) groups is 1. The van der Waals surface area contributed by atoms with E-state index < -0.39 is 22.0 Å². The number of hydrogen-bond donors (Lipinski definition) is 1. The zero-order valence-electron chi connectivity index (χ0n) is 30.6. The summed E-state index contributed by atoms with van der Waals surface area (Å²) < 4.78 is 49.8. The summed E-state index contributed by atoms with van der Waals surface area (Å²) in [6.45, 7) is 12.4. The number of nitrogens with zero attached hydrogens (tertiary/aromatic N) is 6. The number of hydrogen-bond acceptors (Lipinski definition) is 8. The minimum atomic E-state index is -3.92. The fraction of sp³-hybridized carbons (Fsp3) is 0.436. The lowest BCUT2D eigenvalue weighted by Gasteiger charge is -2.30. The Balaban J connectivity index is 1.61. The molecule has 3 heterocycles. The first-order valence-corrected chi connectivity index (χ1v) is 19.5.